The number of carbonyl (C=O) groups excluding carboxylic acids is 2. The van der Waals surface area contributed by atoms with Crippen LogP contribution in [0, 0.1) is 0 Å². The van der Waals surface area contributed by atoms with E-state index in [1.165, 1.54) is 30.9 Å². The standard InChI is InChI=1S/C21H32N2O4S.C20H30N2O2.CH3ClO2S.2CH4/c1-15-13-20(22-28(3,25)26)21(23(15)16(2)24)14-27-19-11-9-18(10-12-19)17-7-5-4-6-8-17;1-14-12-19(21)20(22(14)15(2)23)13-24-18-10-8-17(9-11-18)16-6-4-3-5-7-16;1-5(2,3)4;;/h4-8,15,18-22H,9-14H2,1-3H3;3-7,14,17-20H,8-13,21H2,1-2H3;1H3;2*1H4/t15-,18?,19?,20+,21+;14-,17?,18?,19+,20+;;;/m11.../s1. The normalized spacial score (nSPS) is 29.4. The molecule has 2 aliphatic carbocycles. The molecule has 0 radical (unpaired) electrons. The number of likely N-dealkylation sites (tertiary alicyclic amines) is 2. The zero-order chi connectivity index (χ0) is 41.9. The van der Waals surface area contributed by atoms with E-state index in [1.807, 2.05) is 17.9 Å². The molecule has 2 saturated heterocycles. The van der Waals surface area contributed by atoms with Gasteiger partial charge in [0.1, 0.15) is 0 Å². The number of carbonyl (C=O) groups is 2. The van der Waals surface area contributed by atoms with Crippen LogP contribution in [0.3, 0.4) is 0 Å². The van der Waals surface area contributed by atoms with Crippen molar-refractivity contribution in [2.24, 2.45) is 5.73 Å². The molecule has 0 bridgehead atoms. The minimum Gasteiger partial charge on any atom is -0.376 e. The molecule has 2 aromatic rings. The number of amides is 2. The van der Waals surface area contributed by atoms with Crippen molar-refractivity contribution < 1.29 is 35.9 Å². The van der Waals surface area contributed by atoms with Crippen LogP contribution in [0.1, 0.15) is 130 Å². The number of benzene rings is 2. The Kier molecular flexibility index (Phi) is 21.5. The Bertz CT molecular complexity index is 1770. The van der Waals surface area contributed by atoms with Gasteiger partial charge in [-0.25, -0.2) is 21.6 Å². The molecule has 2 heterocycles. The molecule has 2 aliphatic heterocycles. The first-order chi connectivity index (χ1) is 26.8. The lowest BCUT2D eigenvalue weighted by Crippen LogP contribution is -2.49. The fourth-order valence-electron chi connectivity index (χ4n) is 9.29. The van der Waals surface area contributed by atoms with Crippen molar-refractivity contribution in [1.29, 1.82) is 0 Å². The smallest absolute Gasteiger partial charge is 0.229 e. The van der Waals surface area contributed by atoms with Gasteiger partial charge in [-0.05, 0) is 101 Å². The van der Waals surface area contributed by atoms with Crippen molar-refractivity contribution in [2.75, 3.05) is 25.7 Å². The molecule has 4 aliphatic rings. The van der Waals surface area contributed by atoms with Gasteiger partial charge in [0.15, 0.2) is 0 Å². The van der Waals surface area contributed by atoms with Crippen molar-refractivity contribution in [3.05, 3.63) is 71.8 Å². The summed E-state index contributed by atoms with van der Waals surface area (Å²) in [6, 6.07) is 21.1. The van der Waals surface area contributed by atoms with E-state index in [9.17, 15) is 26.4 Å². The van der Waals surface area contributed by atoms with Crippen molar-refractivity contribution in [2.45, 2.75) is 167 Å². The molecule has 0 spiro atoms. The maximum absolute atomic E-state index is 12.1. The van der Waals surface area contributed by atoms with Crippen LogP contribution < -0.4 is 10.5 Å². The molecular weight excluding hydrogens is 812 g/mol. The van der Waals surface area contributed by atoms with Gasteiger partial charge >= 0.3 is 0 Å². The van der Waals surface area contributed by atoms with Crippen LogP contribution in [0.5, 0.6) is 0 Å². The lowest BCUT2D eigenvalue weighted by atomic mass is 9.83. The number of hydrogen-bond acceptors (Lipinski definition) is 9. The highest BCUT2D eigenvalue weighted by molar-refractivity contribution is 8.13. The number of nitrogens with two attached hydrogens (primary N) is 1. The van der Waals surface area contributed by atoms with E-state index in [1.54, 1.807) is 11.8 Å². The van der Waals surface area contributed by atoms with Crippen LogP contribution in [0.15, 0.2) is 60.7 Å². The fraction of sp³-hybridized carbons (Fsp3) is 0.682. The summed E-state index contributed by atoms with van der Waals surface area (Å²) < 4.78 is 57.3. The van der Waals surface area contributed by atoms with Crippen LogP contribution in [0.4, 0.5) is 0 Å². The number of ether oxygens (including phenoxy) is 2. The van der Waals surface area contributed by atoms with Gasteiger partial charge in [-0.3, -0.25) is 9.59 Å². The Labute approximate surface area is 360 Å². The van der Waals surface area contributed by atoms with Crippen molar-refractivity contribution >= 4 is 41.6 Å². The summed E-state index contributed by atoms with van der Waals surface area (Å²) in [6.45, 7) is 8.16. The lowest BCUT2D eigenvalue weighted by molar-refractivity contribution is -0.134. The molecule has 2 aromatic carbocycles. The second-order valence-corrected chi connectivity index (χ2v) is 21.3. The van der Waals surface area contributed by atoms with Crippen LogP contribution in [0.25, 0.3) is 0 Å². The molecule has 4 fully saturated rings. The maximum Gasteiger partial charge on any atom is 0.229 e. The van der Waals surface area contributed by atoms with Crippen LogP contribution in [0.2, 0.25) is 0 Å². The van der Waals surface area contributed by atoms with Crippen LogP contribution >= 0.6 is 10.7 Å². The summed E-state index contributed by atoms with van der Waals surface area (Å²) >= 11 is 0. The SMILES string of the molecule is C.C.CC(=O)N1[C@H](C)C[C@H](N)[C@@H]1COC1CCC(c2ccccc2)CC1.CC(=O)N1[C@H](C)C[C@H](NS(C)(=O)=O)[C@@H]1COC1CCC(c2ccccc2)CC1.CS(=O)(=O)Cl. The van der Waals surface area contributed by atoms with Crippen LogP contribution in [-0.2, 0) is 38.1 Å². The number of sulfonamides is 1. The van der Waals surface area contributed by atoms with E-state index in [2.05, 4.69) is 76.9 Å². The highest BCUT2D eigenvalue weighted by Crippen LogP contribution is 2.36. The summed E-state index contributed by atoms with van der Waals surface area (Å²) in [5.74, 6) is 1.32. The second kappa shape index (κ2) is 24.2. The number of halogens is 1. The molecule has 15 heteroatoms. The van der Waals surface area contributed by atoms with Crippen molar-refractivity contribution in [1.82, 2.24) is 14.5 Å². The molecule has 336 valence electrons. The topological polar surface area (TPSA) is 165 Å². The predicted molar refractivity (Wildman–Crippen MR) is 239 cm³/mol. The van der Waals surface area contributed by atoms with E-state index >= 15 is 0 Å². The molecule has 2 saturated carbocycles. The predicted octanol–water partition coefficient (Wildman–Crippen LogP) is 7.18. The molecule has 6 atom stereocenters. The van der Waals surface area contributed by atoms with Crippen LogP contribution in [-0.4, -0.2) is 113 Å². The monoisotopic (exact) mass is 884 g/mol. The average Bonchev–Trinajstić information content (AvgIpc) is 3.62. The first-order valence-electron chi connectivity index (χ1n) is 20.3. The number of hydrogen-bond donors (Lipinski definition) is 2. The van der Waals surface area contributed by atoms with Crippen molar-refractivity contribution in [3.8, 4) is 0 Å². The zero-order valence-corrected chi connectivity index (χ0v) is 36.9. The Morgan fingerprint density at radius 3 is 1.41 bits per heavy atom. The summed E-state index contributed by atoms with van der Waals surface area (Å²) in [5.41, 5.74) is 9.08. The Hall–Kier alpha value is -2.59. The van der Waals surface area contributed by atoms with Gasteiger partial charge in [0.05, 0.1) is 50.0 Å². The fourth-order valence-corrected chi connectivity index (χ4v) is 10.1. The summed E-state index contributed by atoms with van der Waals surface area (Å²) in [4.78, 5) is 27.7. The average molecular weight is 886 g/mol. The summed E-state index contributed by atoms with van der Waals surface area (Å²) in [6.07, 6.45) is 12.8. The third-order valence-corrected chi connectivity index (χ3v) is 12.6. The van der Waals surface area contributed by atoms with Gasteiger partial charge in [-0.2, -0.15) is 0 Å². The Morgan fingerprint density at radius 1 is 0.678 bits per heavy atom. The summed E-state index contributed by atoms with van der Waals surface area (Å²) in [5, 5.41) is 0. The third-order valence-electron chi connectivity index (χ3n) is 11.8. The van der Waals surface area contributed by atoms with Crippen molar-refractivity contribution in [3.63, 3.8) is 0 Å². The number of rotatable bonds is 10. The van der Waals surface area contributed by atoms with Gasteiger partial charge in [0, 0.05) is 48.7 Å². The quantitative estimate of drug-likeness (QED) is 0.235. The largest absolute Gasteiger partial charge is 0.376 e. The lowest BCUT2D eigenvalue weighted by Gasteiger charge is -2.33. The van der Waals surface area contributed by atoms with Gasteiger partial charge in [0.25, 0.3) is 0 Å². The summed E-state index contributed by atoms with van der Waals surface area (Å²) in [7, 11) is -2.03. The highest BCUT2D eigenvalue weighted by atomic mass is 35.7. The molecule has 3 N–H and O–H groups in total. The molecule has 12 nitrogen and oxygen atoms in total. The first-order valence-corrected chi connectivity index (χ1v) is 24.9. The Balaban J connectivity index is 0.000000357. The number of nitrogens with zero attached hydrogens (tertiary/aromatic N) is 2. The Morgan fingerprint density at radius 2 is 1.03 bits per heavy atom. The molecule has 0 aromatic heterocycles. The van der Waals surface area contributed by atoms with Gasteiger partial charge in [0.2, 0.25) is 30.9 Å². The van der Waals surface area contributed by atoms with Gasteiger partial charge in [-0.1, -0.05) is 75.5 Å². The van der Waals surface area contributed by atoms with E-state index < -0.39 is 19.1 Å². The molecule has 59 heavy (non-hydrogen) atoms. The van der Waals surface area contributed by atoms with E-state index in [4.69, 9.17) is 15.2 Å². The first kappa shape index (κ1) is 52.5. The minimum atomic E-state index is -3.34. The third kappa shape index (κ3) is 17.0. The highest BCUT2D eigenvalue weighted by Gasteiger charge is 2.42. The van der Waals surface area contributed by atoms with E-state index in [-0.39, 0.29) is 69.0 Å². The van der Waals surface area contributed by atoms with E-state index in [0.29, 0.717) is 37.6 Å². The molecular formula is C44H73ClN4O8S2. The molecule has 6 rings (SSSR count). The maximum atomic E-state index is 12.1. The molecule has 2 amide bonds. The minimum absolute atomic E-state index is 0. The zero-order valence-electron chi connectivity index (χ0n) is 34.5. The van der Waals surface area contributed by atoms with Gasteiger partial charge < -0.3 is 25.0 Å². The number of nitrogens with one attached hydrogen (secondary N) is 1. The van der Waals surface area contributed by atoms with E-state index in [0.717, 1.165) is 57.5 Å². The second-order valence-electron chi connectivity index (χ2n) is 16.4. The molecule has 0 unspecified atom stereocenters. The van der Waals surface area contributed by atoms with Gasteiger partial charge in [-0.15, -0.1) is 0 Å².